The van der Waals surface area contributed by atoms with Gasteiger partial charge in [0.1, 0.15) is 11.4 Å². The van der Waals surface area contributed by atoms with Gasteiger partial charge in [0.25, 0.3) is 0 Å². The normalized spacial score (nSPS) is 17.6. The molecule has 4 heterocycles. The van der Waals surface area contributed by atoms with Gasteiger partial charge >= 0.3 is 0 Å². The highest BCUT2D eigenvalue weighted by Gasteiger charge is 2.35. The summed E-state index contributed by atoms with van der Waals surface area (Å²) in [5.41, 5.74) is 4.51. The maximum absolute atomic E-state index is 9.84. The molecule has 0 saturated carbocycles. The van der Waals surface area contributed by atoms with E-state index >= 15 is 0 Å². The van der Waals surface area contributed by atoms with Gasteiger partial charge in [0.05, 0.1) is 20.3 Å². The van der Waals surface area contributed by atoms with Crippen LogP contribution in [0.5, 0.6) is 5.75 Å². The lowest BCUT2D eigenvalue weighted by atomic mass is 9.86. The molecule has 0 radical (unpaired) electrons. The summed E-state index contributed by atoms with van der Waals surface area (Å²) in [5, 5.41) is 17.6. The first-order valence-electron chi connectivity index (χ1n) is 6.66. The second-order valence-electron chi connectivity index (χ2n) is 5.38. The Labute approximate surface area is 133 Å². The SMILES string of the molecule is Oc1c(Br)cc(-c2n[nH]c3c2N2CCC3CC2)cc1Br. The smallest absolute Gasteiger partial charge is 0.143 e. The number of benzene rings is 1. The highest BCUT2D eigenvalue weighted by molar-refractivity contribution is 9.11. The molecule has 104 valence electrons. The maximum atomic E-state index is 9.84. The monoisotopic (exact) mass is 397 g/mol. The number of nitrogens with zero attached hydrogens (tertiary/aromatic N) is 2. The van der Waals surface area contributed by atoms with Crippen LogP contribution in [0.3, 0.4) is 0 Å². The van der Waals surface area contributed by atoms with Crippen molar-refractivity contribution >= 4 is 37.5 Å². The molecule has 2 N–H and O–H groups in total. The molecule has 3 aliphatic heterocycles. The summed E-state index contributed by atoms with van der Waals surface area (Å²) in [6.45, 7) is 2.23. The van der Waals surface area contributed by atoms with Crippen LogP contribution < -0.4 is 4.90 Å². The van der Waals surface area contributed by atoms with Crippen LogP contribution in [-0.4, -0.2) is 28.4 Å². The van der Waals surface area contributed by atoms with E-state index in [1.165, 1.54) is 24.2 Å². The van der Waals surface area contributed by atoms with Crippen LogP contribution in [0.2, 0.25) is 0 Å². The molecule has 0 aliphatic carbocycles. The number of H-pyrrole nitrogens is 1. The molecule has 0 atom stereocenters. The van der Waals surface area contributed by atoms with Crippen molar-refractivity contribution in [3.63, 3.8) is 0 Å². The van der Waals surface area contributed by atoms with E-state index in [2.05, 4.69) is 47.0 Å². The standard InChI is InChI=1S/C14H13Br2N3O/c15-9-5-8(6-10(16)14(9)20)12-13-11(17-18-12)7-1-3-19(13)4-2-7/h5-7,20H,1-4H2,(H,17,18). The quantitative estimate of drug-likeness (QED) is 0.763. The van der Waals surface area contributed by atoms with Crippen molar-refractivity contribution < 1.29 is 5.11 Å². The van der Waals surface area contributed by atoms with E-state index < -0.39 is 0 Å². The number of anilines is 1. The maximum Gasteiger partial charge on any atom is 0.143 e. The van der Waals surface area contributed by atoms with E-state index in [4.69, 9.17) is 0 Å². The highest BCUT2D eigenvalue weighted by atomic mass is 79.9. The Hall–Kier alpha value is -1.01. The van der Waals surface area contributed by atoms with Gasteiger partial charge in [-0.3, -0.25) is 5.10 Å². The molecule has 0 unspecified atom stereocenters. The Morgan fingerprint density at radius 1 is 1.20 bits per heavy atom. The third-order valence-electron chi connectivity index (χ3n) is 4.28. The number of piperidine rings is 1. The predicted octanol–water partition coefficient (Wildman–Crippen LogP) is 4.00. The molecule has 1 aromatic heterocycles. The lowest BCUT2D eigenvalue weighted by molar-refractivity contribution is 0.466. The minimum atomic E-state index is 0.222. The highest BCUT2D eigenvalue weighted by Crippen LogP contribution is 2.47. The van der Waals surface area contributed by atoms with Crippen LogP contribution in [0.4, 0.5) is 5.69 Å². The van der Waals surface area contributed by atoms with E-state index in [1.807, 2.05) is 12.1 Å². The average molecular weight is 399 g/mol. The summed E-state index contributed by atoms with van der Waals surface area (Å²) in [6.07, 6.45) is 2.44. The molecule has 20 heavy (non-hydrogen) atoms. The van der Waals surface area contributed by atoms with E-state index in [9.17, 15) is 5.11 Å². The minimum Gasteiger partial charge on any atom is -0.506 e. The summed E-state index contributed by atoms with van der Waals surface area (Å²) >= 11 is 6.78. The molecule has 2 aromatic rings. The minimum absolute atomic E-state index is 0.222. The zero-order valence-electron chi connectivity index (χ0n) is 10.7. The number of aromatic amines is 1. The fraction of sp³-hybridized carbons (Fsp3) is 0.357. The summed E-state index contributed by atoms with van der Waals surface area (Å²) in [4.78, 5) is 2.42. The van der Waals surface area contributed by atoms with Gasteiger partial charge in [-0.05, 0) is 56.8 Å². The van der Waals surface area contributed by atoms with Gasteiger partial charge in [0.15, 0.2) is 0 Å². The molecule has 0 amide bonds. The molecule has 0 spiro atoms. The molecule has 1 saturated heterocycles. The topological polar surface area (TPSA) is 52.2 Å². The number of hydrogen-bond acceptors (Lipinski definition) is 3. The van der Waals surface area contributed by atoms with E-state index in [0.717, 1.165) is 24.3 Å². The number of phenols is 1. The molecular formula is C14H13Br2N3O. The third-order valence-corrected chi connectivity index (χ3v) is 5.49. The van der Waals surface area contributed by atoms with E-state index in [-0.39, 0.29) is 5.75 Å². The number of rotatable bonds is 1. The van der Waals surface area contributed by atoms with Crippen LogP contribution >= 0.6 is 31.9 Å². The molecule has 3 aliphatic rings. The molecular weight excluding hydrogens is 386 g/mol. The number of hydrogen-bond donors (Lipinski definition) is 2. The first-order valence-corrected chi connectivity index (χ1v) is 8.25. The Kier molecular flexibility index (Phi) is 2.86. The zero-order valence-corrected chi connectivity index (χ0v) is 13.8. The average Bonchev–Trinajstić information content (AvgIpc) is 2.92. The fourth-order valence-electron chi connectivity index (χ4n) is 3.25. The number of aromatic hydroxyl groups is 1. The largest absolute Gasteiger partial charge is 0.506 e. The van der Waals surface area contributed by atoms with Gasteiger partial charge in [-0.2, -0.15) is 5.10 Å². The number of aromatic nitrogens is 2. The molecule has 6 heteroatoms. The molecule has 4 nitrogen and oxygen atoms in total. The summed E-state index contributed by atoms with van der Waals surface area (Å²) in [7, 11) is 0. The van der Waals surface area contributed by atoms with Crippen molar-refractivity contribution in [2.24, 2.45) is 0 Å². The third kappa shape index (κ3) is 1.74. The van der Waals surface area contributed by atoms with Crippen molar-refractivity contribution in [1.82, 2.24) is 10.2 Å². The van der Waals surface area contributed by atoms with Crippen molar-refractivity contribution in [2.45, 2.75) is 18.8 Å². The van der Waals surface area contributed by atoms with Gasteiger partial charge in [-0.25, -0.2) is 0 Å². The molecule has 1 aromatic carbocycles. The molecule has 2 bridgehead atoms. The van der Waals surface area contributed by atoms with Gasteiger partial charge in [-0.15, -0.1) is 0 Å². The number of halogens is 2. The van der Waals surface area contributed by atoms with Crippen molar-refractivity contribution in [1.29, 1.82) is 0 Å². The lowest BCUT2D eigenvalue weighted by Gasteiger charge is -2.40. The fourth-order valence-corrected chi connectivity index (χ4v) is 4.44. The first-order chi connectivity index (χ1) is 9.65. The van der Waals surface area contributed by atoms with Gasteiger partial charge in [0.2, 0.25) is 0 Å². The van der Waals surface area contributed by atoms with Crippen molar-refractivity contribution in [3.05, 3.63) is 26.8 Å². The van der Waals surface area contributed by atoms with Crippen molar-refractivity contribution in [2.75, 3.05) is 18.0 Å². The number of nitrogens with one attached hydrogen (secondary N) is 1. The molecule has 5 rings (SSSR count). The zero-order chi connectivity index (χ0) is 13.9. The summed E-state index contributed by atoms with van der Waals surface area (Å²) in [6, 6.07) is 3.83. The van der Waals surface area contributed by atoms with E-state index in [1.54, 1.807) is 0 Å². The second kappa shape index (κ2) is 4.49. The van der Waals surface area contributed by atoms with Crippen LogP contribution in [-0.2, 0) is 0 Å². The summed E-state index contributed by atoms with van der Waals surface area (Å²) < 4.78 is 1.35. The Balaban J connectivity index is 1.89. The molecule has 1 fully saturated rings. The van der Waals surface area contributed by atoms with Crippen LogP contribution in [0.15, 0.2) is 21.1 Å². The first kappa shape index (κ1) is 12.7. The predicted molar refractivity (Wildman–Crippen MR) is 85.3 cm³/mol. The Morgan fingerprint density at radius 2 is 1.85 bits per heavy atom. The van der Waals surface area contributed by atoms with Crippen LogP contribution in [0, 0.1) is 0 Å². The number of fused-ring (bicyclic) bond motifs is 2. The van der Waals surface area contributed by atoms with Crippen LogP contribution in [0.25, 0.3) is 11.3 Å². The second-order valence-corrected chi connectivity index (χ2v) is 7.09. The lowest BCUT2D eigenvalue weighted by Crippen LogP contribution is -2.38. The number of phenolic OH excluding ortho intramolecular Hbond substituents is 1. The van der Waals surface area contributed by atoms with Gasteiger partial charge in [-0.1, -0.05) is 0 Å². The Morgan fingerprint density at radius 3 is 2.50 bits per heavy atom. The van der Waals surface area contributed by atoms with E-state index in [0.29, 0.717) is 14.9 Å². The van der Waals surface area contributed by atoms with Gasteiger partial charge in [0, 0.05) is 24.6 Å². The van der Waals surface area contributed by atoms with Crippen molar-refractivity contribution in [3.8, 4) is 17.0 Å². The van der Waals surface area contributed by atoms with Crippen LogP contribution in [0.1, 0.15) is 24.5 Å². The summed E-state index contributed by atoms with van der Waals surface area (Å²) in [5.74, 6) is 0.847. The Bertz CT molecular complexity index is 667. The van der Waals surface area contributed by atoms with Gasteiger partial charge < -0.3 is 10.0 Å².